The molecule has 1 atom stereocenters. The molecule has 1 unspecified atom stereocenters. The first kappa shape index (κ1) is 14.2. The lowest BCUT2D eigenvalue weighted by Crippen LogP contribution is -2.30. The van der Waals surface area contributed by atoms with Crippen LogP contribution >= 0.6 is 7.67 Å². The van der Waals surface area contributed by atoms with Gasteiger partial charge in [0.2, 0.25) is 0 Å². The summed E-state index contributed by atoms with van der Waals surface area (Å²) in [6, 6.07) is 7.62. The SMILES string of the molecule is Cc1ccc(OP(=O)(NC(C)C)N(C)C)cc1. The lowest BCUT2D eigenvalue weighted by molar-refractivity contribution is 0.394. The average molecular weight is 256 g/mol. The minimum atomic E-state index is -3.00. The van der Waals surface area contributed by atoms with Crippen molar-refractivity contribution >= 4 is 7.67 Å². The van der Waals surface area contributed by atoms with E-state index in [1.807, 2.05) is 45.0 Å². The van der Waals surface area contributed by atoms with Crippen LogP contribution in [0, 0.1) is 6.92 Å². The van der Waals surface area contributed by atoms with E-state index in [2.05, 4.69) is 5.09 Å². The third-order valence-corrected chi connectivity index (χ3v) is 4.55. The van der Waals surface area contributed by atoms with Gasteiger partial charge >= 0.3 is 7.67 Å². The van der Waals surface area contributed by atoms with Gasteiger partial charge in [-0.2, -0.15) is 0 Å². The van der Waals surface area contributed by atoms with Crippen molar-refractivity contribution in [2.24, 2.45) is 0 Å². The molecule has 0 saturated heterocycles. The first-order valence-electron chi connectivity index (χ1n) is 5.65. The molecular weight excluding hydrogens is 235 g/mol. The van der Waals surface area contributed by atoms with Crippen molar-refractivity contribution in [3.05, 3.63) is 29.8 Å². The molecule has 0 bridgehead atoms. The van der Waals surface area contributed by atoms with E-state index in [-0.39, 0.29) is 6.04 Å². The fourth-order valence-corrected chi connectivity index (χ4v) is 2.80. The molecule has 96 valence electrons. The molecule has 17 heavy (non-hydrogen) atoms. The first-order valence-corrected chi connectivity index (χ1v) is 7.23. The Kier molecular flexibility index (Phi) is 4.75. The molecule has 0 heterocycles. The third-order valence-electron chi connectivity index (χ3n) is 2.20. The molecule has 0 aliphatic rings. The number of nitrogens with zero attached hydrogens (tertiary/aromatic N) is 1. The predicted octanol–water partition coefficient (Wildman–Crippen LogP) is 3.04. The van der Waals surface area contributed by atoms with Crippen LogP contribution in [0.1, 0.15) is 19.4 Å². The standard InChI is InChI=1S/C12H21N2O2P/c1-10(2)13-17(15,14(4)5)16-12-8-6-11(3)7-9-12/h6-10H,1-5H3,(H,13,15). The fourth-order valence-electron chi connectivity index (χ4n) is 1.29. The Bertz CT molecular complexity index is 401. The molecule has 0 aliphatic heterocycles. The molecule has 0 saturated carbocycles. The second-order valence-electron chi connectivity index (χ2n) is 4.56. The van der Waals surface area contributed by atoms with E-state index in [0.717, 1.165) is 5.56 Å². The van der Waals surface area contributed by atoms with Gasteiger partial charge in [-0.25, -0.2) is 14.3 Å². The van der Waals surface area contributed by atoms with Crippen molar-refractivity contribution in [2.75, 3.05) is 14.1 Å². The highest BCUT2D eigenvalue weighted by Gasteiger charge is 2.28. The highest BCUT2D eigenvalue weighted by molar-refractivity contribution is 7.54. The summed E-state index contributed by atoms with van der Waals surface area (Å²) in [4.78, 5) is 0. The number of rotatable bonds is 5. The van der Waals surface area contributed by atoms with E-state index < -0.39 is 7.67 Å². The lowest BCUT2D eigenvalue weighted by Gasteiger charge is -2.27. The molecule has 0 fully saturated rings. The summed E-state index contributed by atoms with van der Waals surface area (Å²) < 4.78 is 19.8. The van der Waals surface area contributed by atoms with Gasteiger partial charge in [0.25, 0.3) is 0 Å². The zero-order chi connectivity index (χ0) is 13.1. The Morgan fingerprint density at radius 2 is 1.76 bits per heavy atom. The Morgan fingerprint density at radius 1 is 1.24 bits per heavy atom. The monoisotopic (exact) mass is 256 g/mol. The second-order valence-corrected chi connectivity index (χ2v) is 6.84. The summed E-state index contributed by atoms with van der Waals surface area (Å²) in [5, 5.41) is 2.98. The maximum absolute atomic E-state index is 12.6. The van der Waals surface area contributed by atoms with Gasteiger partial charge in [0.1, 0.15) is 5.75 Å². The summed E-state index contributed by atoms with van der Waals surface area (Å²) in [5.74, 6) is 0.612. The molecule has 0 radical (unpaired) electrons. The molecule has 4 nitrogen and oxygen atoms in total. The summed E-state index contributed by atoms with van der Waals surface area (Å²) in [7, 11) is 0.480. The molecule has 0 aromatic heterocycles. The molecule has 0 spiro atoms. The minimum absolute atomic E-state index is 0.0914. The van der Waals surface area contributed by atoms with Crippen molar-refractivity contribution in [1.82, 2.24) is 9.76 Å². The Balaban J connectivity index is 2.87. The Hall–Kier alpha value is -0.830. The highest BCUT2D eigenvalue weighted by atomic mass is 31.2. The number of nitrogens with one attached hydrogen (secondary N) is 1. The molecule has 0 amide bonds. The van der Waals surface area contributed by atoms with E-state index in [9.17, 15) is 4.57 Å². The Morgan fingerprint density at radius 3 is 2.18 bits per heavy atom. The van der Waals surface area contributed by atoms with Crippen LogP contribution in [0.25, 0.3) is 0 Å². The van der Waals surface area contributed by atoms with Crippen LogP contribution < -0.4 is 9.61 Å². The van der Waals surface area contributed by atoms with Gasteiger partial charge in [0.15, 0.2) is 0 Å². The van der Waals surface area contributed by atoms with Gasteiger partial charge in [-0.05, 0) is 47.0 Å². The van der Waals surface area contributed by atoms with Crippen LogP contribution in [-0.4, -0.2) is 24.8 Å². The summed E-state index contributed by atoms with van der Waals surface area (Å²) in [5.41, 5.74) is 1.15. The molecule has 0 aliphatic carbocycles. The number of benzene rings is 1. The smallest absolute Gasteiger partial charge is 0.392 e. The van der Waals surface area contributed by atoms with Gasteiger partial charge in [0.05, 0.1) is 0 Å². The fraction of sp³-hybridized carbons (Fsp3) is 0.500. The van der Waals surface area contributed by atoms with Crippen LogP contribution in [0.15, 0.2) is 24.3 Å². The zero-order valence-electron chi connectivity index (χ0n) is 11.1. The summed E-state index contributed by atoms with van der Waals surface area (Å²) in [6.45, 7) is 5.88. The maximum atomic E-state index is 12.6. The van der Waals surface area contributed by atoms with E-state index in [1.165, 1.54) is 0 Å². The van der Waals surface area contributed by atoms with Crippen molar-refractivity contribution in [2.45, 2.75) is 26.8 Å². The number of hydrogen-bond acceptors (Lipinski definition) is 2. The van der Waals surface area contributed by atoms with Crippen LogP contribution in [0.5, 0.6) is 5.75 Å². The largest absolute Gasteiger partial charge is 0.422 e. The van der Waals surface area contributed by atoms with E-state index in [4.69, 9.17) is 4.52 Å². The van der Waals surface area contributed by atoms with Gasteiger partial charge in [-0.3, -0.25) is 0 Å². The summed E-state index contributed by atoms with van der Waals surface area (Å²) in [6.07, 6.45) is 0. The van der Waals surface area contributed by atoms with Crippen molar-refractivity contribution in [1.29, 1.82) is 0 Å². The second kappa shape index (κ2) is 5.67. The van der Waals surface area contributed by atoms with Gasteiger partial charge < -0.3 is 4.52 Å². The molecule has 1 aromatic carbocycles. The predicted molar refractivity (Wildman–Crippen MR) is 71.4 cm³/mol. The highest BCUT2D eigenvalue weighted by Crippen LogP contribution is 2.45. The van der Waals surface area contributed by atoms with E-state index >= 15 is 0 Å². The maximum Gasteiger partial charge on any atom is 0.392 e. The lowest BCUT2D eigenvalue weighted by atomic mass is 10.2. The molecule has 1 rings (SSSR count). The average Bonchev–Trinajstić information content (AvgIpc) is 2.20. The third kappa shape index (κ3) is 4.15. The van der Waals surface area contributed by atoms with Crippen LogP contribution in [0.2, 0.25) is 0 Å². The van der Waals surface area contributed by atoms with Crippen molar-refractivity contribution in [3.8, 4) is 5.75 Å². The van der Waals surface area contributed by atoms with E-state index in [0.29, 0.717) is 5.75 Å². The van der Waals surface area contributed by atoms with E-state index in [1.54, 1.807) is 18.8 Å². The quantitative estimate of drug-likeness (QED) is 0.822. The van der Waals surface area contributed by atoms with Crippen LogP contribution in [0.3, 0.4) is 0 Å². The summed E-state index contributed by atoms with van der Waals surface area (Å²) >= 11 is 0. The normalized spacial score (nSPS) is 15.0. The topological polar surface area (TPSA) is 41.6 Å². The molecule has 1 aromatic rings. The zero-order valence-corrected chi connectivity index (χ0v) is 12.0. The van der Waals surface area contributed by atoms with Gasteiger partial charge in [-0.15, -0.1) is 0 Å². The van der Waals surface area contributed by atoms with Crippen LogP contribution in [-0.2, 0) is 4.57 Å². The number of aryl methyl sites for hydroxylation is 1. The molecular formula is C12H21N2O2P. The molecule has 1 N–H and O–H groups in total. The molecule has 5 heteroatoms. The first-order chi connectivity index (χ1) is 7.83. The van der Waals surface area contributed by atoms with Gasteiger partial charge in [-0.1, -0.05) is 17.7 Å². The van der Waals surface area contributed by atoms with Crippen molar-refractivity contribution in [3.63, 3.8) is 0 Å². The Labute approximate surface area is 104 Å². The number of hydrogen-bond donors (Lipinski definition) is 1. The van der Waals surface area contributed by atoms with Crippen molar-refractivity contribution < 1.29 is 9.09 Å². The minimum Gasteiger partial charge on any atom is -0.422 e. The van der Waals surface area contributed by atoms with Crippen LogP contribution in [0.4, 0.5) is 0 Å². The van der Waals surface area contributed by atoms with Gasteiger partial charge in [0, 0.05) is 6.04 Å².